The van der Waals surface area contributed by atoms with Crippen LogP contribution in [0.1, 0.15) is 0 Å². The third-order valence-electron chi connectivity index (χ3n) is 1.21. The molecule has 1 N–H and O–H groups in total. The summed E-state index contributed by atoms with van der Waals surface area (Å²) in [7, 11) is 2.27. The van der Waals surface area contributed by atoms with E-state index in [1.165, 1.54) is 0 Å². The highest BCUT2D eigenvalue weighted by Crippen LogP contribution is 2.07. The van der Waals surface area contributed by atoms with E-state index in [0.717, 1.165) is 20.4 Å². The molecule has 0 saturated carbocycles. The lowest BCUT2D eigenvalue weighted by atomic mass is 10.8. The van der Waals surface area contributed by atoms with Crippen LogP contribution in [0.5, 0.6) is 0 Å². The molecule has 1 rings (SSSR count). The van der Waals surface area contributed by atoms with Crippen molar-refractivity contribution < 1.29 is 28.6 Å². The van der Waals surface area contributed by atoms with Gasteiger partial charge in [0.05, 0.1) is 20.4 Å². The fourth-order valence-corrected chi connectivity index (χ4v) is 0.579. The maximum Gasteiger partial charge on any atom is 0.536 e. The van der Waals surface area contributed by atoms with Gasteiger partial charge in [-0.25, -0.2) is 15.0 Å². The largest absolute Gasteiger partial charge is 0.536 e. The van der Waals surface area contributed by atoms with Crippen LogP contribution in [0.25, 0.3) is 0 Å². The summed E-state index contributed by atoms with van der Waals surface area (Å²) >= 11 is 0. The van der Waals surface area contributed by atoms with Crippen LogP contribution in [0.2, 0.25) is 0 Å². The van der Waals surface area contributed by atoms with Gasteiger partial charge in [0.25, 0.3) is 5.88 Å². The Balaban J connectivity index is 2.41. The topological polar surface area (TPSA) is 111 Å². The zero-order chi connectivity index (χ0) is 12.0. The summed E-state index contributed by atoms with van der Waals surface area (Å²) in [5.41, 5.74) is 2.32. The minimum atomic E-state index is -0.989. The Morgan fingerprint density at radius 2 is 2.00 bits per heavy atom. The number of nitrogens with zero attached hydrogens (tertiary/aromatic N) is 3. The number of ether oxygens (including phenoxy) is 3. The summed E-state index contributed by atoms with van der Waals surface area (Å²) in [5.74, 6) is -0.156. The predicted octanol–water partition coefficient (Wildman–Crippen LogP) is 0.454. The summed E-state index contributed by atoms with van der Waals surface area (Å²) in [6, 6.07) is 0. The monoisotopic (exact) mass is 232 g/mol. The van der Waals surface area contributed by atoms with E-state index in [1.807, 2.05) is 0 Å². The van der Waals surface area contributed by atoms with Gasteiger partial charge in [-0.15, -0.1) is 0 Å². The third-order valence-corrected chi connectivity index (χ3v) is 1.21. The highest BCUT2D eigenvalue weighted by Gasteiger charge is 2.15. The lowest BCUT2D eigenvalue weighted by Crippen LogP contribution is -2.34. The van der Waals surface area contributed by atoms with Crippen LogP contribution in [0.15, 0.2) is 22.4 Å². The Bertz CT molecular complexity index is 340. The normalized spacial score (nSPS) is 13.4. The van der Waals surface area contributed by atoms with Crippen LogP contribution >= 0.6 is 0 Å². The lowest BCUT2D eigenvalue weighted by molar-refractivity contribution is -0.160. The summed E-state index contributed by atoms with van der Waals surface area (Å²) in [4.78, 5) is 25.7. The average molecular weight is 232 g/mol. The van der Waals surface area contributed by atoms with Gasteiger partial charge < -0.3 is 14.2 Å². The van der Waals surface area contributed by atoms with E-state index in [9.17, 15) is 9.59 Å². The zero-order valence-electron chi connectivity index (χ0n) is 8.37. The van der Waals surface area contributed by atoms with E-state index >= 15 is 0 Å². The van der Waals surface area contributed by atoms with Gasteiger partial charge in [-0.2, -0.15) is 0 Å². The van der Waals surface area contributed by atoms with Crippen LogP contribution in [0.3, 0.4) is 0 Å². The fourth-order valence-electron chi connectivity index (χ4n) is 0.579. The summed E-state index contributed by atoms with van der Waals surface area (Å²) in [6.07, 6.45) is -0.820. The molecule has 0 atom stereocenters. The second-order valence-corrected chi connectivity index (χ2v) is 2.18. The van der Waals surface area contributed by atoms with Crippen molar-refractivity contribution in [2.75, 3.05) is 14.2 Å². The number of rotatable bonds is 2. The number of nitrogens with one attached hydrogen (secondary N) is 1. The van der Waals surface area contributed by atoms with Crippen molar-refractivity contribution in [3.8, 4) is 0 Å². The molecule has 88 valence electrons. The first-order valence-corrected chi connectivity index (χ1v) is 3.85. The van der Waals surface area contributed by atoms with Gasteiger partial charge in [-0.1, -0.05) is 5.11 Å². The number of hydrogen-bond acceptors (Lipinski definition) is 10. The number of carbonyl (C=O) groups excluding carboxylic acids is 2. The van der Waals surface area contributed by atoms with Crippen LogP contribution in [-0.2, 0) is 19.0 Å². The van der Waals surface area contributed by atoms with E-state index in [4.69, 9.17) is 0 Å². The van der Waals surface area contributed by atoms with Crippen molar-refractivity contribution in [2.45, 2.75) is 0 Å². The molecule has 0 amide bonds. The van der Waals surface area contributed by atoms with Gasteiger partial charge in [0, 0.05) is 5.28 Å². The van der Waals surface area contributed by atoms with Crippen molar-refractivity contribution in [1.82, 2.24) is 10.7 Å². The molecular formula is C6H8N4O6. The van der Waals surface area contributed by atoms with Gasteiger partial charge in [0.1, 0.15) is 0 Å². The molecule has 0 aromatic carbocycles. The second kappa shape index (κ2) is 5.38. The van der Waals surface area contributed by atoms with Gasteiger partial charge in [0.2, 0.25) is 0 Å². The first kappa shape index (κ1) is 11.6. The first-order chi connectivity index (χ1) is 7.65. The zero-order valence-corrected chi connectivity index (χ0v) is 8.37. The smallest absolute Gasteiger partial charge is 0.437 e. The molecule has 10 heteroatoms. The second-order valence-electron chi connectivity index (χ2n) is 2.18. The molecule has 0 aromatic rings. The van der Waals surface area contributed by atoms with Gasteiger partial charge >= 0.3 is 12.3 Å². The third kappa shape index (κ3) is 3.32. The minimum absolute atomic E-state index is 0.156. The van der Waals surface area contributed by atoms with Gasteiger partial charge in [0.15, 0.2) is 0 Å². The highest BCUT2D eigenvalue weighted by molar-refractivity contribution is 5.61. The Kier molecular flexibility index (Phi) is 3.89. The molecule has 16 heavy (non-hydrogen) atoms. The number of hydrazine groups is 1. The van der Waals surface area contributed by atoms with Crippen LogP contribution in [-0.4, -0.2) is 31.8 Å². The van der Waals surface area contributed by atoms with Crippen molar-refractivity contribution in [1.29, 1.82) is 0 Å². The van der Waals surface area contributed by atoms with Crippen molar-refractivity contribution in [3.05, 3.63) is 12.1 Å². The van der Waals surface area contributed by atoms with E-state index in [2.05, 4.69) is 34.8 Å². The molecule has 0 unspecified atom stereocenters. The molecule has 0 saturated heterocycles. The Labute approximate surface area is 89.3 Å². The maximum absolute atomic E-state index is 10.7. The molecular weight excluding hydrogens is 224 g/mol. The highest BCUT2D eigenvalue weighted by atomic mass is 16.9. The van der Waals surface area contributed by atoms with Crippen LogP contribution < -0.4 is 5.43 Å². The fraction of sp³-hybridized carbons (Fsp3) is 0.333. The summed E-state index contributed by atoms with van der Waals surface area (Å²) < 4.78 is 12.9. The average Bonchev–Trinajstić information content (AvgIpc) is 2.31. The molecule has 0 radical (unpaired) electrons. The van der Waals surface area contributed by atoms with E-state index < -0.39 is 12.3 Å². The van der Waals surface area contributed by atoms with E-state index in [0.29, 0.717) is 5.28 Å². The first-order valence-electron chi connectivity index (χ1n) is 3.85. The quantitative estimate of drug-likeness (QED) is 0.683. The van der Waals surface area contributed by atoms with Crippen LogP contribution in [0.4, 0.5) is 9.59 Å². The van der Waals surface area contributed by atoms with Crippen molar-refractivity contribution in [3.63, 3.8) is 0 Å². The molecule has 0 aliphatic carbocycles. The molecule has 1 heterocycles. The van der Waals surface area contributed by atoms with Gasteiger partial charge in [-0.05, 0) is 5.22 Å². The lowest BCUT2D eigenvalue weighted by Gasteiger charge is -2.17. The Morgan fingerprint density at radius 1 is 1.31 bits per heavy atom. The molecule has 1 aliphatic heterocycles. The van der Waals surface area contributed by atoms with E-state index in [1.54, 1.807) is 0 Å². The Hall–Kier alpha value is -2.52. The number of methoxy groups -OCH3 is 2. The van der Waals surface area contributed by atoms with Crippen molar-refractivity contribution >= 4 is 12.3 Å². The van der Waals surface area contributed by atoms with Gasteiger partial charge in [-0.3, -0.25) is 4.84 Å². The summed E-state index contributed by atoms with van der Waals surface area (Å²) in [6.45, 7) is 0. The van der Waals surface area contributed by atoms with Crippen LogP contribution in [0, 0.1) is 0 Å². The molecule has 10 nitrogen and oxygen atoms in total. The molecule has 0 spiro atoms. The molecule has 0 fully saturated rings. The number of hydrogen-bond donors (Lipinski definition) is 1. The SMILES string of the molecule is COC(=O)OC1=CNN(OC(=O)OC)N=N1. The maximum atomic E-state index is 10.7. The summed E-state index contributed by atoms with van der Waals surface area (Å²) in [5, 5.41) is 7.30. The molecule has 1 aliphatic rings. The standard InChI is InChI=1S/C6H8N4O6/c1-13-5(11)15-4-3-7-10(9-8-4)16-6(12)14-2/h3,7H,1-2H3. The molecule has 0 bridgehead atoms. The van der Waals surface area contributed by atoms with Crippen molar-refractivity contribution in [2.24, 2.45) is 10.3 Å². The predicted molar refractivity (Wildman–Crippen MR) is 44.9 cm³/mol. The molecule has 0 aromatic heterocycles. The number of carbonyl (C=O) groups is 2. The minimum Gasteiger partial charge on any atom is -0.437 e. The van der Waals surface area contributed by atoms with E-state index in [-0.39, 0.29) is 5.88 Å². The Morgan fingerprint density at radius 3 is 2.50 bits per heavy atom.